The predicted octanol–water partition coefficient (Wildman–Crippen LogP) is 2.99. The molecule has 0 bridgehead atoms. The number of rotatable bonds is 11. The molecule has 0 aliphatic carbocycles. The van der Waals surface area contributed by atoms with Crippen LogP contribution in [0.1, 0.15) is 72.1 Å². The van der Waals surface area contributed by atoms with Gasteiger partial charge in [0.05, 0.1) is 29.2 Å². The highest BCUT2D eigenvalue weighted by Crippen LogP contribution is 2.36. The van der Waals surface area contributed by atoms with Crippen LogP contribution in [0.25, 0.3) is 0 Å². The van der Waals surface area contributed by atoms with Crippen molar-refractivity contribution in [2.24, 2.45) is 0 Å². The van der Waals surface area contributed by atoms with Crippen LogP contribution in [0.15, 0.2) is 17.0 Å². The van der Waals surface area contributed by atoms with Crippen LogP contribution in [0, 0.1) is 5.82 Å². The zero-order valence-electron chi connectivity index (χ0n) is 19.9. The van der Waals surface area contributed by atoms with E-state index in [0.717, 1.165) is 63.4 Å². The van der Waals surface area contributed by atoms with E-state index in [4.69, 9.17) is 4.74 Å². The summed E-state index contributed by atoms with van der Waals surface area (Å²) in [6, 6.07) is 1.45. The van der Waals surface area contributed by atoms with Gasteiger partial charge in [0.25, 0.3) is 11.8 Å². The van der Waals surface area contributed by atoms with Gasteiger partial charge in [0, 0.05) is 19.5 Å². The molecule has 4 rings (SSSR count). The fourth-order valence-electron chi connectivity index (χ4n) is 4.79. The molecule has 8 nitrogen and oxygen atoms in total. The fourth-order valence-corrected chi connectivity index (χ4v) is 5.89. The van der Waals surface area contributed by atoms with E-state index in [1.807, 2.05) is 0 Å². The first-order chi connectivity index (χ1) is 17.0. The fraction of sp³-hybridized carbons (Fsp3) is 0.600. The standard InChI is InChI=1S/C25H32FN3O5S/c26-18-8-7-17-21(25(33)29(24(17)32)19-9-10-20(30)27-23(19)31)22(18)35-16-6-4-2-1-3-5-11-28-12-14-34-15-13-28/h7-8,19H,1-6,9-16H2,(H,27,30,31). The highest BCUT2D eigenvalue weighted by Gasteiger charge is 2.46. The third kappa shape index (κ3) is 6.10. The Hall–Kier alpha value is -2.30. The molecule has 4 amide bonds. The van der Waals surface area contributed by atoms with E-state index in [1.165, 1.54) is 36.7 Å². The zero-order valence-corrected chi connectivity index (χ0v) is 20.7. The summed E-state index contributed by atoms with van der Waals surface area (Å²) in [5.41, 5.74) is 0.150. The number of nitrogens with one attached hydrogen (secondary N) is 1. The largest absolute Gasteiger partial charge is 0.379 e. The summed E-state index contributed by atoms with van der Waals surface area (Å²) >= 11 is 1.25. The van der Waals surface area contributed by atoms with E-state index in [1.54, 1.807) is 0 Å². The Morgan fingerprint density at radius 3 is 2.43 bits per heavy atom. The van der Waals surface area contributed by atoms with E-state index in [2.05, 4.69) is 10.2 Å². The number of hydrogen-bond donors (Lipinski definition) is 1. The molecule has 0 spiro atoms. The molecule has 1 unspecified atom stereocenters. The van der Waals surface area contributed by atoms with Crippen molar-refractivity contribution in [3.8, 4) is 0 Å². The monoisotopic (exact) mass is 505 g/mol. The van der Waals surface area contributed by atoms with Crippen LogP contribution >= 0.6 is 11.8 Å². The Morgan fingerprint density at radius 2 is 1.69 bits per heavy atom. The van der Waals surface area contributed by atoms with Gasteiger partial charge in [-0.3, -0.25) is 34.3 Å². The van der Waals surface area contributed by atoms with Crippen molar-refractivity contribution >= 4 is 35.4 Å². The smallest absolute Gasteiger partial charge is 0.263 e. The lowest BCUT2D eigenvalue weighted by Crippen LogP contribution is -2.54. The van der Waals surface area contributed by atoms with Gasteiger partial charge in [0.2, 0.25) is 11.8 Å². The minimum absolute atomic E-state index is 0.0350. The number of thioether (sulfide) groups is 1. The van der Waals surface area contributed by atoms with Gasteiger partial charge >= 0.3 is 0 Å². The molecule has 10 heteroatoms. The molecule has 1 aromatic rings. The molecule has 35 heavy (non-hydrogen) atoms. The average molecular weight is 506 g/mol. The average Bonchev–Trinajstić information content (AvgIpc) is 3.09. The Labute approximate surface area is 208 Å². The number of nitrogens with zero attached hydrogens (tertiary/aromatic N) is 2. The summed E-state index contributed by atoms with van der Waals surface area (Å²) < 4.78 is 20.0. The van der Waals surface area contributed by atoms with Crippen molar-refractivity contribution in [1.82, 2.24) is 15.1 Å². The number of benzene rings is 1. The number of halogens is 1. The van der Waals surface area contributed by atoms with Crippen LogP contribution in [-0.2, 0) is 14.3 Å². The second-order valence-corrected chi connectivity index (χ2v) is 10.3. The molecular weight excluding hydrogens is 473 g/mol. The van der Waals surface area contributed by atoms with E-state index in [9.17, 15) is 23.6 Å². The molecule has 0 radical (unpaired) electrons. The minimum Gasteiger partial charge on any atom is -0.379 e. The van der Waals surface area contributed by atoms with Crippen LogP contribution in [0.5, 0.6) is 0 Å². The van der Waals surface area contributed by atoms with Crippen LogP contribution in [0.4, 0.5) is 4.39 Å². The van der Waals surface area contributed by atoms with Gasteiger partial charge in [-0.2, -0.15) is 0 Å². The number of morpholine rings is 1. The molecule has 3 aliphatic heterocycles. The summed E-state index contributed by atoms with van der Waals surface area (Å²) in [6.45, 7) is 4.84. The first kappa shape index (κ1) is 25.8. The number of hydrogen-bond acceptors (Lipinski definition) is 7. The quantitative estimate of drug-likeness (QED) is 0.281. The maximum absolute atomic E-state index is 14.7. The lowest BCUT2D eigenvalue weighted by Gasteiger charge is -2.27. The van der Waals surface area contributed by atoms with Gasteiger partial charge < -0.3 is 4.74 Å². The van der Waals surface area contributed by atoms with Crippen molar-refractivity contribution in [2.75, 3.05) is 38.6 Å². The second-order valence-electron chi connectivity index (χ2n) is 9.17. The van der Waals surface area contributed by atoms with Crippen molar-refractivity contribution in [2.45, 2.75) is 62.3 Å². The highest BCUT2D eigenvalue weighted by atomic mass is 32.2. The molecule has 1 N–H and O–H groups in total. The Morgan fingerprint density at radius 1 is 0.971 bits per heavy atom. The number of carbonyl (C=O) groups is 4. The van der Waals surface area contributed by atoms with Gasteiger partial charge in [-0.15, -0.1) is 11.8 Å². The van der Waals surface area contributed by atoms with E-state index in [0.29, 0.717) is 5.75 Å². The summed E-state index contributed by atoms with van der Waals surface area (Å²) in [4.78, 5) is 53.2. The predicted molar refractivity (Wildman–Crippen MR) is 129 cm³/mol. The molecular formula is C25H32FN3O5S. The number of amides is 4. The first-order valence-corrected chi connectivity index (χ1v) is 13.4. The third-order valence-electron chi connectivity index (χ3n) is 6.73. The van der Waals surface area contributed by atoms with Crippen molar-refractivity contribution < 1.29 is 28.3 Å². The number of fused-ring (bicyclic) bond motifs is 1. The van der Waals surface area contributed by atoms with Crippen LogP contribution in [0.2, 0.25) is 0 Å². The number of imide groups is 2. The molecule has 2 saturated heterocycles. The van der Waals surface area contributed by atoms with Gasteiger partial charge in [-0.05, 0) is 43.7 Å². The maximum Gasteiger partial charge on any atom is 0.263 e. The van der Waals surface area contributed by atoms with Gasteiger partial charge in [0.15, 0.2) is 0 Å². The molecule has 2 fully saturated rings. The summed E-state index contributed by atoms with van der Waals surface area (Å²) in [5, 5.41) is 2.17. The van der Waals surface area contributed by atoms with Gasteiger partial charge in [0.1, 0.15) is 11.9 Å². The third-order valence-corrected chi connectivity index (χ3v) is 7.91. The number of piperidine rings is 1. The SMILES string of the molecule is O=C1CCC(N2C(=O)c3ccc(F)c(SCCCCCCCCN4CCOCC4)c3C2=O)C(=O)N1. The number of ether oxygens (including phenoxy) is 1. The molecule has 1 atom stereocenters. The van der Waals surface area contributed by atoms with Crippen molar-refractivity contribution in [3.63, 3.8) is 0 Å². The van der Waals surface area contributed by atoms with Crippen molar-refractivity contribution in [3.05, 3.63) is 29.1 Å². The normalized spacial score (nSPS) is 20.9. The van der Waals surface area contributed by atoms with E-state index >= 15 is 0 Å². The number of carbonyl (C=O) groups excluding carboxylic acids is 4. The van der Waals surface area contributed by atoms with E-state index < -0.39 is 35.5 Å². The Bertz CT molecular complexity index is 982. The summed E-state index contributed by atoms with van der Waals surface area (Å²) in [6.07, 6.45) is 6.69. The van der Waals surface area contributed by atoms with Crippen LogP contribution < -0.4 is 5.32 Å². The first-order valence-electron chi connectivity index (χ1n) is 12.4. The molecule has 0 aromatic heterocycles. The summed E-state index contributed by atoms with van der Waals surface area (Å²) in [5.74, 6) is -2.28. The second kappa shape index (κ2) is 12.1. The lowest BCUT2D eigenvalue weighted by molar-refractivity contribution is -0.136. The number of unbranched alkanes of at least 4 members (excludes halogenated alkanes) is 5. The maximum atomic E-state index is 14.7. The molecule has 0 saturated carbocycles. The highest BCUT2D eigenvalue weighted by molar-refractivity contribution is 7.99. The van der Waals surface area contributed by atoms with E-state index in [-0.39, 0.29) is 28.9 Å². The lowest BCUT2D eigenvalue weighted by atomic mass is 10.0. The molecule has 3 aliphatic rings. The van der Waals surface area contributed by atoms with Gasteiger partial charge in [-0.25, -0.2) is 4.39 Å². The van der Waals surface area contributed by atoms with Crippen LogP contribution in [0.3, 0.4) is 0 Å². The molecule has 1 aromatic carbocycles. The molecule has 190 valence electrons. The summed E-state index contributed by atoms with van der Waals surface area (Å²) in [7, 11) is 0. The Balaban J connectivity index is 1.24. The Kier molecular flexibility index (Phi) is 8.91. The molecule has 3 heterocycles. The zero-order chi connectivity index (χ0) is 24.8. The van der Waals surface area contributed by atoms with Gasteiger partial charge in [-0.1, -0.05) is 25.7 Å². The van der Waals surface area contributed by atoms with Crippen molar-refractivity contribution in [1.29, 1.82) is 0 Å². The topological polar surface area (TPSA) is 96.0 Å². The van der Waals surface area contributed by atoms with Crippen LogP contribution in [-0.4, -0.2) is 78.1 Å². The minimum atomic E-state index is -1.05.